The molecule has 0 aromatic rings. The molecule has 0 radical (unpaired) electrons. The van der Waals surface area contributed by atoms with E-state index >= 15 is 0 Å². The van der Waals surface area contributed by atoms with Gasteiger partial charge in [0.2, 0.25) is 0 Å². The maximum Gasteiger partial charge on any atom is 0.180 e. The molecule has 1 unspecified atom stereocenters. The molecule has 1 aliphatic heterocycles. The molecule has 3 nitrogen and oxygen atoms in total. The first-order valence-corrected chi connectivity index (χ1v) is 2.28. The predicted molar refractivity (Wildman–Crippen MR) is 28.2 cm³/mol. The number of nitrogens with one attached hydrogen (secondary N) is 2. The summed E-state index contributed by atoms with van der Waals surface area (Å²) in [5.74, 6) is 0. The highest BCUT2D eigenvalue weighted by atomic mass is 16.5. The normalized spacial score (nSPS) is 24.8. The molecule has 8 heavy (non-hydrogen) atoms. The van der Waals surface area contributed by atoms with Crippen molar-refractivity contribution in [2.24, 2.45) is 0 Å². The Morgan fingerprint density at radius 1 is 1.88 bits per heavy atom. The van der Waals surface area contributed by atoms with Crippen LogP contribution in [0.1, 0.15) is 6.92 Å². The summed E-state index contributed by atoms with van der Waals surface area (Å²) < 4.78 is 0. The van der Waals surface area contributed by atoms with Gasteiger partial charge >= 0.3 is 0 Å². The maximum absolute atomic E-state index is 10.5. The molecule has 0 aromatic heterocycles. The SMILES string of the molecule is CC1=C=C=CN[NH+]1[O-]. The van der Waals surface area contributed by atoms with Crippen LogP contribution in [0.4, 0.5) is 0 Å². The lowest BCUT2D eigenvalue weighted by atomic mass is 10.5. The highest BCUT2D eigenvalue weighted by molar-refractivity contribution is 4.91. The molecule has 1 atom stereocenters. The van der Waals surface area contributed by atoms with Crippen LogP contribution in [0.2, 0.25) is 0 Å². The number of allylic oxidation sites excluding steroid dienone is 1. The predicted octanol–water partition coefficient (Wildman–Crippen LogP) is -0.941. The fourth-order valence-corrected chi connectivity index (χ4v) is 0.411. The zero-order valence-corrected chi connectivity index (χ0v) is 4.49. The van der Waals surface area contributed by atoms with Gasteiger partial charge in [-0.1, -0.05) is 0 Å². The van der Waals surface area contributed by atoms with Gasteiger partial charge in [0, 0.05) is 6.92 Å². The van der Waals surface area contributed by atoms with Gasteiger partial charge in [-0.3, -0.25) is 0 Å². The summed E-state index contributed by atoms with van der Waals surface area (Å²) in [5.41, 5.74) is 8.29. The number of hydrogen-bond donors (Lipinski definition) is 2. The van der Waals surface area contributed by atoms with E-state index < -0.39 is 0 Å². The molecule has 1 heterocycles. The van der Waals surface area contributed by atoms with Crippen LogP contribution in [0.3, 0.4) is 0 Å². The average Bonchev–Trinajstić information content (AvgIpc) is 1.77. The summed E-state index contributed by atoms with van der Waals surface area (Å²) >= 11 is 0. The first-order valence-electron chi connectivity index (χ1n) is 2.28. The van der Waals surface area contributed by atoms with Crippen LogP contribution in [0, 0.1) is 5.21 Å². The highest BCUT2D eigenvalue weighted by Gasteiger charge is 1.95. The van der Waals surface area contributed by atoms with Crippen molar-refractivity contribution < 1.29 is 5.17 Å². The van der Waals surface area contributed by atoms with Crippen molar-refractivity contribution in [3.8, 4) is 0 Å². The minimum absolute atomic E-state index is 0.0937. The molecule has 1 aliphatic rings. The average molecular weight is 110 g/mol. The molecule has 2 N–H and O–H groups in total. The fraction of sp³-hybridized carbons (Fsp3) is 0.200. The quantitative estimate of drug-likeness (QED) is 0.312. The maximum atomic E-state index is 10.5. The second kappa shape index (κ2) is 1.86. The van der Waals surface area contributed by atoms with E-state index in [-0.39, 0.29) is 5.17 Å². The summed E-state index contributed by atoms with van der Waals surface area (Å²) in [5, 5.41) is 10.4. The van der Waals surface area contributed by atoms with Crippen molar-refractivity contribution in [1.29, 1.82) is 0 Å². The van der Waals surface area contributed by atoms with E-state index in [1.165, 1.54) is 6.20 Å². The fourth-order valence-electron chi connectivity index (χ4n) is 0.411. The van der Waals surface area contributed by atoms with E-state index in [1.54, 1.807) is 6.92 Å². The van der Waals surface area contributed by atoms with E-state index in [0.717, 1.165) is 0 Å². The van der Waals surface area contributed by atoms with Gasteiger partial charge in [-0.2, -0.15) is 0 Å². The summed E-state index contributed by atoms with van der Waals surface area (Å²) in [4.78, 5) is 0. The summed E-state index contributed by atoms with van der Waals surface area (Å²) in [6.07, 6.45) is 1.44. The molecule has 0 saturated heterocycles. The van der Waals surface area contributed by atoms with Crippen LogP contribution in [0.25, 0.3) is 0 Å². The van der Waals surface area contributed by atoms with Gasteiger partial charge in [-0.15, -0.1) is 0 Å². The molecule has 42 valence electrons. The monoisotopic (exact) mass is 110 g/mol. The lowest BCUT2D eigenvalue weighted by Crippen LogP contribution is -3.11. The minimum atomic E-state index is -0.0937. The molecule has 0 saturated carbocycles. The van der Waals surface area contributed by atoms with Gasteiger partial charge in [0.05, 0.1) is 6.20 Å². The standard InChI is InChI=1S/C5H6N2O/c1-5-3-2-4-6-7(5)8/h4,6-7H,1H3. The Kier molecular flexibility index (Phi) is 1.20. The number of rotatable bonds is 0. The van der Waals surface area contributed by atoms with E-state index in [1.807, 2.05) is 0 Å². The van der Waals surface area contributed by atoms with Gasteiger partial charge < -0.3 is 5.21 Å². The van der Waals surface area contributed by atoms with Crippen LogP contribution < -0.4 is 10.6 Å². The molecule has 0 bridgehead atoms. The largest absolute Gasteiger partial charge is 0.602 e. The van der Waals surface area contributed by atoms with E-state index in [0.29, 0.717) is 5.70 Å². The summed E-state index contributed by atoms with van der Waals surface area (Å²) in [6, 6.07) is 0. The smallest absolute Gasteiger partial charge is 0.180 e. The number of quaternary nitrogens is 1. The minimum Gasteiger partial charge on any atom is -0.602 e. The summed E-state index contributed by atoms with van der Waals surface area (Å²) in [7, 11) is 0. The molecular weight excluding hydrogens is 104 g/mol. The van der Waals surface area contributed by atoms with Gasteiger partial charge in [-0.25, -0.2) is 10.6 Å². The van der Waals surface area contributed by atoms with Crippen LogP contribution >= 0.6 is 0 Å². The number of hydroxylamine groups is 1. The van der Waals surface area contributed by atoms with E-state index in [4.69, 9.17) is 0 Å². The molecule has 3 heteroatoms. The zero-order chi connectivity index (χ0) is 5.98. The lowest BCUT2D eigenvalue weighted by Gasteiger charge is -2.19. The first kappa shape index (κ1) is 5.16. The van der Waals surface area contributed by atoms with Crippen molar-refractivity contribution in [1.82, 2.24) is 5.43 Å². The third-order valence-corrected chi connectivity index (χ3v) is 0.876. The Morgan fingerprint density at radius 2 is 2.62 bits per heavy atom. The first-order chi connectivity index (χ1) is 3.80. The third kappa shape index (κ3) is 0.808. The van der Waals surface area contributed by atoms with Gasteiger partial charge in [-0.05, 0) is 11.5 Å². The Balaban J connectivity index is 2.94. The molecule has 0 aliphatic carbocycles. The molecular formula is C5H6N2O. The Morgan fingerprint density at radius 3 is 3.00 bits per heavy atom. The van der Waals surface area contributed by atoms with Gasteiger partial charge in [0.25, 0.3) is 0 Å². The Bertz CT molecular complexity index is 185. The van der Waals surface area contributed by atoms with Crippen LogP contribution in [-0.2, 0) is 0 Å². The van der Waals surface area contributed by atoms with Crippen molar-refractivity contribution in [3.05, 3.63) is 28.6 Å². The van der Waals surface area contributed by atoms with Gasteiger partial charge in [0.15, 0.2) is 5.70 Å². The zero-order valence-electron chi connectivity index (χ0n) is 4.49. The number of hydrogen-bond acceptors (Lipinski definition) is 2. The second-order valence-corrected chi connectivity index (χ2v) is 1.51. The molecule has 0 amide bonds. The van der Waals surface area contributed by atoms with Gasteiger partial charge in [0.1, 0.15) is 0 Å². The van der Waals surface area contributed by atoms with Crippen LogP contribution in [0.15, 0.2) is 23.4 Å². The van der Waals surface area contributed by atoms with Crippen LogP contribution in [0.5, 0.6) is 0 Å². The third-order valence-electron chi connectivity index (χ3n) is 0.876. The van der Waals surface area contributed by atoms with Crippen molar-refractivity contribution in [2.45, 2.75) is 6.92 Å². The highest BCUT2D eigenvalue weighted by Crippen LogP contribution is 1.73. The van der Waals surface area contributed by atoms with E-state index in [2.05, 4.69) is 16.9 Å². The van der Waals surface area contributed by atoms with Crippen molar-refractivity contribution in [3.63, 3.8) is 0 Å². The Labute approximate surface area is 47.2 Å². The molecule has 0 fully saturated rings. The second-order valence-electron chi connectivity index (χ2n) is 1.51. The molecule has 1 rings (SSSR count). The van der Waals surface area contributed by atoms with Crippen molar-refractivity contribution >= 4 is 0 Å². The van der Waals surface area contributed by atoms with Crippen molar-refractivity contribution in [2.75, 3.05) is 0 Å². The summed E-state index contributed by atoms with van der Waals surface area (Å²) in [6.45, 7) is 1.69. The topological polar surface area (TPSA) is 39.5 Å². The van der Waals surface area contributed by atoms with Crippen LogP contribution in [-0.4, -0.2) is 0 Å². The molecule has 0 aromatic carbocycles. The Hall–Kier alpha value is -0.980. The lowest BCUT2D eigenvalue weighted by molar-refractivity contribution is -0.850. The van der Waals surface area contributed by atoms with E-state index in [9.17, 15) is 5.21 Å². The molecule has 0 spiro atoms.